The Morgan fingerprint density at radius 2 is 1.90 bits per heavy atom. The molecule has 3 rings (SSSR count). The fourth-order valence-corrected chi connectivity index (χ4v) is 3.88. The van der Waals surface area contributed by atoms with Crippen molar-refractivity contribution in [3.8, 4) is 5.75 Å². The van der Waals surface area contributed by atoms with E-state index in [9.17, 15) is 22.8 Å². The third-order valence-corrected chi connectivity index (χ3v) is 5.13. The molecule has 1 N–H and O–H groups in total. The molecule has 6 nitrogen and oxygen atoms in total. The molecular weight excluding hydrogens is 423 g/mol. The lowest BCUT2D eigenvalue weighted by Crippen LogP contribution is -2.21. The molecule has 0 saturated heterocycles. The summed E-state index contributed by atoms with van der Waals surface area (Å²) < 4.78 is 54.1. The van der Waals surface area contributed by atoms with Gasteiger partial charge in [0.15, 0.2) is 6.61 Å². The van der Waals surface area contributed by atoms with Crippen LogP contribution in [0.5, 0.6) is 5.75 Å². The first-order valence-corrected chi connectivity index (χ1v) is 9.42. The molecule has 0 aliphatic heterocycles. The van der Waals surface area contributed by atoms with Crippen LogP contribution in [0.15, 0.2) is 42.5 Å². The molecule has 1 amide bonds. The van der Waals surface area contributed by atoms with E-state index >= 15 is 0 Å². The van der Waals surface area contributed by atoms with Crippen molar-refractivity contribution in [3.63, 3.8) is 0 Å². The van der Waals surface area contributed by atoms with E-state index in [4.69, 9.17) is 9.47 Å². The zero-order valence-corrected chi connectivity index (χ0v) is 16.4. The molecule has 158 valence electrons. The van der Waals surface area contributed by atoms with Crippen LogP contribution in [0.4, 0.5) is 18.9 Å². The van der Waals surface area contributed by atoms with Crippen LogP contribution in [0.3, 0.4) is 0 Å². The minimum absolute atomic E-state index is 0.00264. The summed E-state index contributed by atoms with van der Waals surface area (Å²) in [6, 6.07) is 10.1. The zero-order valence-electron chi connectivity index (χ0n) is 15.6. The summed E-state index contributed by atoms with van der Waals surface area (Å²) in [7, 11) is 1.41. The second-order valence-corrected chi connectivity index (χ2v) is 7.01. The summed E-state index contributed by atoms with van der Waals surface area (Å²) in [6.07, 6.45) is 0. The molecule has 0 unspecified atom stereocenters. The Labute approximate surface area is 173 Å². The van der Waals surface area contributed by atoms with Crippen molar-refractivity contribution in [1.29, 1.82) is 0 Å². The number of methoxy groups -OCH3 is 1. The zero-order chi connectivity index (χ0) is 21.7. The summed E-state index contributed by atoms with van der Waals surface area (Å²) in [4.78, 5) is 24.7. The van der Waals surface area contributed by atoms with Crippen LogP contribution in [0.25, 0.3) is 10.1 Å². The molecule has 0 fully saturated rings. The normalized spacial score (nSPS) is 11.0. The maximum Gasteiger partial charge on any atom is 0.387 e. The fraction of sp³-hybridized carbons (Fsp3) is 0.200. The van der Waals surface area contributed by atoms with Gasteiger partial charge in [-0.3, -0.25) is 4.79 Å². The van der Waals surface area contributed by atoms with E-state index < -0.39 is 30.9 Å². The van der Waals surface area contributed by atoms with E-state index in [2.05, 4.69) is 10.1 Å². The first-order chi connectivity index (χ1) is 14.4. The molecule has 30 heavy (non-hydrogen) atoms. The molecule has 1 aromatic heterocycles. The average Bonchev–Trinajstić information content (AvgIpc) is 3.07. The minimum atomic E-state index is -3.06. The Balaban J connectivity index is 1.71. The molecule has 0 aliphatic carbocycles. The number of para-hydroxylation sites is 2. The maximum absolute atomic E-state index is 14.2. The molecule has 10 heteroatoms. The van der Waals surface area contributed by atoms with Crippen LogP contribution in [0.1, 0.15) is 15.2 Å². The van der Waals surface area contributed by atoms with E-state index in [1.807, 2.05) is 0 Å². The van der Waals surface area contributed by atoms with Gasteiger partial charge in [0.05, 0.1) is 12.3 Å². The Morgan fingerprint density at radius 1 is 1.13 bits per heavy atom. The van der Waals surface area contributed by atoms with Gasteiger partial charge in [0, 0.05) is 22.8 Å². The number of fused-ring (bicyclic) bond motifs is 1. The van der Waals surface area contributed by atoms with E-state index in [0.29, 0.717) is 10.3 Å². The van der Waals surface area contributed by atoms with Gasteiger partial charge in [0.25, 0.3) is 5.91 Å². The fourth-order valence-electron chi connectivity index (χ4n) is 2.77. The smallest absolute Gasteiger partial charge is 0.387 e. The number of hydrogen-bond donors (Lipinski definition) is 1. The summed E-state index contributed by atoms with van der Waals surface area (Å²) in [5, 5.41) is 2.61. The van der Waals surface area contributed by atoms with Gasteiger partial charge >= 0.3 is 12.6 Å². The molecular formula is C20H16F3NO5S. The SMILES string of the molecule is COCc1c(C(=O)OCC(=O)Nc2ccccc2OC(F)F)sc2cccc(F)c12. The maximum atomic E-state index is 14.2. The van der Waals surface area contributed by atoms with Crippen molar-refractivity contribution in [2.45, 2.75) is 13.2 Å². The van der Waals surface area contributed by atoms with Crippen LogP contribution in [-0.4, -0.2) is 32.2 Å². The van der Waals surface area contributed by atoms with E-state index in [-0.39, 0.29) is 28.3 Å². The number of carbonyl (C=O) groups excluding carboxylic acids is 2. The number of rotatable bonds is 8. The van der Waals surface area contributed by atoms with Crippen LogP contribution in [0, 0.1) is 5.82 Å². The molecule has 0 aliphatic rings. The highest BCUT2D eigenvalue weighted by atomic mass is 32.1. The van der Waals surface area contributed by atoms with Crippen LogP contribution in [0.2, 0.25) is 0 Å². The van der Waals surface area contributed by atoms with Gasteiger partial charge < -0.3 is 19.5 Å². The molecule has 3 aromatic rings. The van der Waals surface area contributed by atoms with Crippen molar-refractivity contribution in [2.24, 2.45) is 0 Å². The Kier molecular flexibility index (Phi) is 6.91. The third kappa shape index (κ3) is 4.89. The molecule has 0 spiro atoms. The van der Waals surface area contributed by atoms with Crippen molar-refractivity contribution < 1.29 is 37.0 Å². The highest BCUT2D eigenvalue weighted by Crippen LogP contribution is 2.34. The summed E-state index contributed by atoms with van der Waals surface area (Å²) >= 11 is 1.02. The topological polar surface area (TPSA) is 73.9 Å². The van der Waals surface area contributed by atoms with Crippen LogP contribution in [-0.2, 0) is 20.9 Å². The van der Waals surface area contributed by atoms with Crippen molar-refractivity contribution in [1.82, 2.24) is 0 Å². The minimum Gasteiger partial charge on any atom is -0.451 e. The van der Waals surface area contributed by atoms with Gasteiger partial charge in [-0.25, -0.2) is 9.18 Å². The van der Waals surface area contributed by atoms with Crippen LogP contribution >= 0.6 is 11.3 Å². The summed E-state index contributed by atoms with van der Waals surface area (Å²) in [5.41, 5.74) is 0.333. The third-order valence-electron chi connectivity index (χ3n) is 3.95. The number of thiophene rings is 1. The first-order valence-electron chi connectivity index (χ1n) is 8.60. The van der Waals surface area contributed by atoms with Gasteiger partial charge in [0.2, 0.25) is 0 Å². The predicted molar refractivity (Wildman–Crippen MR) is 104 cm³/mol. The standard InChI is InChI=1S/C20H16F3NO5S/c1-27-9-11-17-12(21)5-4-8-15(17)30-18(11)19(26)28-10-16(25)24-13-6-2-3-7-14(13)29-20(22)23/h2-8,20H,9-10H2,1H3,(H,24,25). The Bertz CT molecular complexity index is 1070. The number of amides is 1. The van der Waals surface area contributed by atoms with Crippen molar-refractivity contribution in [2.75, 3.05) is 19.0 Å². The lowest BCUT2D eigenvalue weighted by Gasteiger charge is -2.11. The van der Waals surface area contributed by atoms with Crippen molar-refractivity contribution >= 4 is 39.0 Å². The van der Waals surface area contributed by atoms with E-state index in [1.54, 1.807) is 6.07 Å². The lowest BCUT2D eigenvalue weighted by atomic mass is 10.1. The molecule has 0 bridgehead atoms. The quantitative estimate of drug-likeness (QED) is 0.520. The second-order valence-electron chi connectivity index (χ2n) is 5.95. The highest BCUT2D eigenvalue weighted by Gasteiger charge is 2.22. The number of halogens is 3. The van der Waals surface area contributed by atoms with Gasteiger partial charge in [0.1, 0.15) is 16.4 Å². The summed E-state index contributed by atoms with van der Waals surface area (Å²) in [5.74, 6) is -2.30. The molecule has 0 atom stereocenters. The molecule has 1 heterocycles. The van der Waals surface area contributed by atoms with E-state index in [0.717, 1.165) is 11.3 Å². The van der Waals surface area contributed by atoms with Gasteiger partial charge in [-0.05, 0) is 24.3 Å². The lowest BCUT2D eigenvalue weighted by molar-refractivity contribution is -0.119. The molecule has 2 aromatic carbocycles. The number of anilines is 1. The average molecular weight is 439 g/mol. The van der Waals surface area contributed by atoms with Crippen molar-refractivity contribution in [3.05, 3.63) is 58.7 Å². The largest absolute Gasteiger partial charge is 0.451 e. The molecule has 0 radical (unpaired) electrons. The number of nitrogens with one attached hydrogen (secondary N) is 1. The molecule has 0 saturated carbocycles. The van der Waals surface area contributed by atoms with Gasteiger partial charge in [-0.2, -0.15) is 8.78 Å². The van der Waals surface area contributed by atoms with Gasteiger partial charge in [-0.1, -0.05) is 18.2 Å². The summed E-state index contributed by atoms with van der Waals surface area (Å²) in [6.45, 7) is -3.76. The number of alkyl halides is 2. The predicted octanol–water partition coefficient (Wildman–Crippen LogP) is 4.58. The number of benzene rings is 2. The first kappa shape index (κ1) is 21.6. The number of hydrogen-bond acceptors (Lipinski definition) is 6. The van der Waals surface area contributed by atoms with Crippen LogP contribution < -0.4 is 10.1 Å². The number of carbonyl (C=O) groups is 2. The number of ether oxygens (including phenoxy) is 3. The second kappa shape index (κ2) is 9.59. The van der Waals surface area contributed by atoms with Gasteiger partial charge in [-0.15, -0.1) is 11.3 Å². The van der Waals surface area contributed by atoms with E-state index in [1.165, 1.54) is 43.5 Å². The monoisotopic (exact) mass is 439 g/mol. The highest BCUT2D eigenvalue weighted by molar-refractivity contribution is 7.21. The number of esters is 1. The Hall–Kier alpha value is -3.11. The Morgan fingerprint density at radius 3 is 2.63 bits per heavy atom.